The maximum Gasteiger partial charge on any atom is 0.490 e. The summed E-state index contributed by atoms with van der Waals surface area (Å²) in [5.74, 6) is -4.85. The van der Waals surface area contributed by atoms with E-state index in [-0.39, 0.29) is 22.4 Å². The minimum Gasteiger partial charge on any atom is -0.475 e. The van der Waals surface area contributed by atoms with Crippen LogP contribution in [0.2, 0.25) is 5.02 Å². The third-order valence-corrected chi connectivity index (χ3v) is 7.28. The smallest absolute Gasteiger partial charge is 0.475 e. The highest BCUT2D eigenvalue weighted by Gasteiger charge is 2.41. The number of carbonyl (C=O) groups is 1. The van der Waals surface area contributed by atoms with Gasteiger partial charge in [-0.3, -0.25) is 4.72 Å². The second-order valence-electron chi connectivity index (χ2n) is 8.62. The van der Waals surface area contributed by atoms with Crippen molar-refractivity contribution in [2.45, 2.75) is 41.9 Å². The summed E-state index contributed by atoms with van der Waals surface area (Å²) in [6.45, 7) is 0.719. The van der Waals surface area contributed by atoms with E-state index in [1.54, 1.807) is 7.11 Å². The van der Waals surface area contributed by atoms with Crippen LogP contribution in [-0.2, 0) is 19.6 Å². The third-order valence-electron chi connectivity index (χ3n) is 5.58. The first-order valence-electron chi connectivity index (χ1n) is 10.6. The molecule has 1 fully saturated rings. The number of methoxy groups -OCH3 is 1. The summed E-state index contributed by atoms with van der Waals surface area (Å²) in [6.07, 6.45) is -2.89. The molecule has 0 radical (unpaired) electrons. The third kappa shape index (κ3) is 8.22. The number of aromatic nitrogens is 1. The highest BCUT2D eigenvalue weighted by molar-refractivity contribution is 7.92. The fourth-order valence-corrected chi connectivity index (χ4v) is 5.52. The van der Waals surface area contributed by atoms with E-state index in [1.165, 1.54) is 18.2 Å². The van der Waals surface area contributed by atoms with Crippen molar-refractivity contribution in [2.75, 3.05) is 32.5 Å². The maximum absolute atomic E-state index is 14.8. The van der Waals surface area contributed by atoms with Crippen LogP contribution in [0.15, 0.2) is 35.2 Å². The van der Waals surface area contributed by atoms with E-state index in [0.29, 0.717) is 12.0 Å². The van der Waals surface area contributed by atoms with Gasteiger partial charge in [0.2, 0.25) is 5.95 Å². The molecular formula is C22H25ClF5N3O5S. The van der Waals surface area contributed by atoms with E-state index in [2.05, 4.69) is 9.71 Å². The Labute approximate surface area is 215 Å². The zero-order valence-electron chi connectivity index (χ0n) is 19.9. The number of rotatable bonds is 7. The van der Waals surface area contributed by atoms with Crippen LogP contribution in [-0.4, -0.2) is 68.9 Å². The molecule has 1 aliphatic rings. The van der Waals surface area contributed by atoms with Gasteiger partial charge in [-0.1, -0.05) is 17.7 Å². The summed E-state index contributed by atoms with van der Waals surface area (Å²) in [5, 5.41) is 7.28. The molecule has 3 rings (SSSR count). The number of nitrogens with zero attached hydrogens (tertiary/aromatic N) is 2. The van der Waals surface area contributed by atoms with Crippen LogP contribution in [0.3, 0.4) is 0 Å². The largest absolute Gasteiger partial charge is 0.490 e. The Hall–Kier alpha value is -2.55. The van der Waals surface area contributed by atoms with Gasteiger partial charge in [-0.05, 0) is 69.1 Å². The number of halogens is 6. The van der Waals surface area contributed by atoms with Crippen molar-refractivity contribution in [1.82, 2.24) is 9.88 Å². The lowest BCUT2D eigenvalue weighted by molar-refractivity contribution is -0.192. The molecule has 1 saturated carbocycles. The molecule has 0 amide bonds. The molecule has 2 unspecified atom stereocenters. The lowest BCUT2D eigenvalue weighted by Crippen LogP contribution is -2.39. The number of likely N-dealkylation sites (N-methyl/N-ethyl adjacent to an activating group) is 1. The number of pyridine rings is 1. The molecule has 0 spiro atoms. The summed E-state index contributed by atoms with van der Waals surface area (Å²) in [4.78, 5) is 13.7. The number of hydrogen-bond acceptors (Lipinski definition) is 6. The number of alkyl halides is 3. The van der Waals surface area contributed by atoms with Gasteiger partial charge in [0.1, 0.15) is 16.5 Å². The monoisotopic (exact) mass is 573 g/mol. The zero-order chi connectivity index (χ0) is 28.2. The topological polar surface area (TPSA) is 109 Å². The fraction of sp³-hybridized carbons (Fsp3) is 0.455. The molecule has 8 nitrogen and oxygen atoms in total. The second kappa shape index (κ2) is 11.9. The average Bonchev–Trinajstić information content (AvgIpc) is 3.18. The van der Waals surface area contributed by atoms with Crippen LogP contribution in [0.1, 0.15) is 30.7 Å². The van der Waals surface area contributed by atoms with Crippen LogP contribution in [0.5, 0.6) is 0 Å². The van der Waals surface area contributed by atoms with Crippen molar-refractivity contribution in [1.29, 1.82) is 0 Å². The molecule has 1 aromatic heterocycles. The van der Waals surface area contributed by atoms with Crippen molar-refractivity contribution in [3.05, 3.63) is 52.7 Å². The van der Waals surface area contributed by atoms with Gasteiger partial charge < -0.3 is 14.7 Å². The van der Waals surface area contributed by atoms with Crippen LogP contribution < -0.4 is 4.72 Å². The minimum absolute atomic E-state index is 0.0542. The van der Waals surface area contributed by atoms with Gasteiger partial charge in [-0.25, -0.2) is 22.6 Å². The van der Waals surface area contributed by atoms with Crippen molar-refractivity contribution in [3.8, 4) is 0 Å². The molecular weight excluding hydrogens is 549 g/mol. The number of hydrogen-bond donors (Lipinski definition) is 2. The van der Waals surface area contributed by atoms with Gasteiger partial charge in [-0.15, -0.1) is 0 Å². The Morgan fingerprint density at radius 2 is 1.92 bits per heavy atom. The van der Waals surface area contributed by atoms with Crippen molar-refractivity contribution >= 4 is 33.4 Å². The van der Waals surface area contributed by atoms with Crippen LogP contribution in [0, 0.1) is 11.8 Å². The molecule has 2 atom stereocenters. The number of nitrogens with one attached hydrogen (secondary N) is 1. The van der Waals surface area contributed by atoms with Gasteiger partial charge in [0.25, 0.3) is 10.0 Å². The number of benzene rings is 1. The second-order valence-corrected chi connectivity index (χ2v) is 10.7. The SMILES string of the molecule is COC1(CN(C)C)CCC(c2cc(F)c(S(=O)(=O)Nc3cccc(F)n3)cc2Cl)C1.O=C(O)C(F)(F)F. The molecule has 1 aliphatic carbocycles. The van der Waals surface area contributed by atoms with E-state index < -0.39 is 38.8 Å². The van der Waals surface area contributed by atoms with Gasteiger partial charge in [-0.2, -0.15) is 17.6 Å². The molecule has 0 bridgehead atoms. The van der Waals surface area contributed by atoms with E-state index in [0.717, 1.165) is 31.5 Å². The number of anilines is 1. The first-order valence-corrected chi connectivity index (χ1v) is 12.5. The highest BCUT2D eigenvalue weighted by atomic mass is 35.5. The average molecular weight is 574 g/mol. The summed E-state index contributed by atoms with van der Waals surface area (Å²) >= 11 is 6.37. The molecule has 15 heteroatoms. The fourth-order valence-electron chi connectivity index (χ4n) is 4.05. The highest BCUT2D eigenvalue weighted by Crippen LogP contribution is 2.45. The predicted octanol–water partition coefficient (Wildman–Crippen LogP) is 4.66. The number of ether oxygens (including phenoxy) is 1. The summed E-state index contributed by atoms with van der Waals surface area (Å²) in [6, 6.07) is 5.89. The van der Waals surface area contributed by atoms with Crippen LogP contribution in [0.4, 0.5) is 27.8 Å². The Balaban J connectivity index is 0.000000604. The van der Waals surface area contributed by atoms with Crippen molar-refractivity contribution in [2.24, 2.45) is 0 Å². The summed E-state index contributed by atoms with van der Waals surface area (Å²) < 4.78 is 92.8. The first-order chi connectivity index (χ1) is 17.0. The number of carboxylic acids is 1. The molecule has 0 aliphatic heterocycles. The number of aliphatic carboxylic acids is 1. The first kappa shape index (κ1) is 30.7. The normalized spacial score (nSPS) is 19.9. The molecule has 2 aromatic rings. The van der Waals surface area contributed by atoms with Gasteiger partial charge >= 0.3 is 12.1 Å². The Morgan fingerprint density at radius 3 is 2.43 bits per heavy atom. The van der Waals surface area contributed by atoms with Gasteiger partial charge in [0.05, 0.1) is 5.60 Å². The van der Waals surface area contributed by atoms with Crippen molar-refractivity contribution < 1.29 is 45.0 Å². The maximum atomic E-state index is 14.8. The van der Waals surface area contributed by atoms with E-state index in [4.69, 9.17) is 26.2 Å². The summed E-state index contributed by atoms with van der Waals surface area (Å²) in [5.41, 5.74) is 0.193. The molecule has 1 aromatic carbocycles. The lowest BCUT2D eigenvalue weighted by atomic mass is 9.94. The summed E-state index contributed by atoms with van der Waals surface area (Å²) in [7, 11) is 1.24. The molecule has 1 heterocycles. The van der Waals surface area contributed by atoms with Gasteiger partial charge in [0.15, 0.2) is 0 Å². The van der Waals surface area contributed by atoms with E-state index >= 15 is 0 Å². The van der Waals surface area contributed by atoms with E-state index in [9.17, 15) is 30.4 Å². The molecule has 37 heavy (non-hydrogen) atoms. The quantitative estimate of drug-likeness (QED) is 0.366. The molecule has 206 valence electrons. The number of sulfonamides is 1. The van der Waals surface area contributed by atoms with Crippen LogP contribution in [0.25, 0.3) is 0 Å². The van der Waals surface area contributed by atoms with Crippen LogP contribution >= 0.6 is 11.6 Å². The predicted molar refractivity (Wildman–Crippen MR) is 125 cm³/mol. The zero-order valence-corrected chi connectivity index (χ0v) is 21.5. The molecule has 0 saturated heterocycles. The lowest BCUT2D eigenvalue weighted by Gasteiger charge is -2.31. The Morgan fingerprint density at radius 1 is 1.30 bits per heavy atom. The van der Waals surface area contributed by atoms with Gasteiger partial charge in [0, 0.05) is 18.7 Å². The Kier molecular flexibility index (Phi) is 9.85. The van der Waals surface area contributed by atoms with E-state index in [1.807, 2.05) is 19.0 Å². The minimum atomic E-state index is -5.08. The molecule has 2 N–H and O–H groups in total. The Bertz CT molecular complexity index is 1230. The standard InChI is InChI=1S/C20H24ClF2N3O3S.C2HF3O2/c1-26(2)12-20(29-3)8-7-13(11-20)14-9-16(22)17(10-15(14)21)30(27,28)25-19-6-4-5-18(23)24-19;3-2(4,5)1(6)7/h4-6,9-10,13H,7-8,11-12H2,1-3H3,(H,24,25);(H,6,7). The van der Waals surface area contributed by atoms with Crippen molar-refractivity contribution in [3.63, 3.8) is 0 Å². The number of carboxylic acid groups (broad SMARTS) is 1.